The zero-order valence-corrected chi connectivity index (χ0v) is 9.76. The standard InChI is InChI=1S/C14H18N2/c1-16-9-7-13(8-10-16)14(11-15)12-5-3-2-4-6-12/h2-6,13-14H,7-10H2,1H3. The second-order valence-electron chi connectivity index (χ2n) is 4.66. The fraction of sp³-hybridized carbons (Fsp3) is 0.500. The third kappa shape index (κ3) is 2.43. The summed E-state index contributed by atoms with van der Waals surface area (Å²) < 4.78 is 0. The molecule has 0 saturated carbocycles. The smallest absolute Gasteiger partial charge is 0.0741 e. The van der Waals surface area contributed by atoms with Gasteiger partial charge in [-0.25, -0.2) is 0 Å². The molecule has 1 heterocycles. The van der Waals surface area contributed by atoms with Gasteiger partial charge in [-0.2, -0.15) is 5.26 Å². The highest BCUT2D eigenvalue weighted by molar-refractivity contribution is 5.25. The molecule has 16 heavy (non-hydrogen) atoms. The van der Waals surface area contributed by atoms with E-state index in [2.05, 4.69) is 30.1 Å². The summed E-state index contributed by atoms with van der Waals surface area (Å²) in [6.07, 6.45) is 2.28. The topological polar surface area (TPSA) is 27.0 Å². The van der Waals surface area contributed by atoms with Crippen molar-refractivity contribution in [1.29, 1.82) is 5.26 Å². The Labute approximate surface area is 97.5 Å². The number of hydrogen-bond acceptors (Lipinski definition) is 2. The van der Waals surface area contributed by atoms with Crippen LogP contribution in [0, 0.1) is 17.2 Å². The van der Waals surface area contributed by atoms with Crippen molar-refractivity contribution >= 4 is 0 Å². The molecule has 1 saturated heterocycles. The van der Waals surface area contributed by atoms with Gasteiger partial charge in [-0.05, 0) is 44.5 Å². The largest absolute Gasteiger partial charge is 0.306 e. The zero-order valence-electron chi connectivity index (χ0n) is 9.76. The second-order valence-corrected chi connectivity index (χ2v) is 4.66. The van der Waals surface area contributed by atoms with Gasteiger partial charge in [-0.15, -0.1) is 0 Å². The van der Waals surface area contributed by atoms with Crippen LogP contribution >= 0.6 is 0 Å². The molecule has 1 aliphatic rings. The van der Waals surface area contributed by atoms with E-state index in [1.807, 2.05) is 18.2 Å². The number of benzene rings is 1. The van der Waals surface area contributed by atoms with Crippen molar-refractivity contribution in [3.05, 3.63) is 35.9 Å². The van der Waals surface area contributed by atoms with E-state index in [1.165, 1.54) is 5.56 Å². The van der Waals surface area contributed by atoms with Crippen molar-refractivity contribution in [2.75, 3.05) is 20.1 Å². The first kappa shape index (κ1) is 11.2. The third-order valence-corrected chi connectivity index (χ3v) is 3.53. The van der Waals surface area contributed by atoms with Gasteiger partial charge in [0.05, 0.1) is 12.0 Å². The van der Waals surface area contributed by atoms with E-state index < -0.39 is 0 Å². The normalized spacial score (nSPS) is 20.2. The molecule has 2 nitrogen and oxygen atoms in total. The predicted octanol–water partition coefficient (Wildman–Crippen LogP) is 2.64. The lowest BCUT2D eigenvalue weighted by atomic mass is 9.81. The predicted molar refractivity (Wildman–Crippen MR) is 65.0 cm³/mol. The van der Waals surface area contributed by atoms with Crippen LogP contribution < -0.4 is 0 Å². The van der Waals surface area contributed by atoms with Crippen molar-refractivity contribution < 1.29 is 0 Å². The van der Waals surface area contributed by atoms with E-state index >= 15 is 0 Å². The highest BCUT2D eigenvalue weighted by Gasteiger charge is 2.26. The van der Waals surface area contributed by atoms with Gasteiger partial charge >= 0.3 is 0 Å². The molecule has 1 atom stereocenters. The summed E-state index contributed by atoms with van der Waals surface area (Å²) in [5.74, 6) is 0.610. The first-order chi connectivity index (χ1) is 7.81. The Morgan fingerprint density at radius 3 is 2.44 bits per heavy atom. The number of nitriles is 1. The number of likely N-dealkylation sites (tertiary alicyclic amines) is 1. The lowest BCUT2D eigenvalue weighted by Gasteiger charge is -2.31. The Morgan fingerprint density at radius 1 is 1.25 bits per heavy atom. The molecule has 0 radical (unpaired) electrons. The summed E-state index contributed by atoms with van der Waals surface area (Å²) in [6, 6.07) is 12.7. The van der Waals surface area contributed by atoms with E-state index in [0.29, 0.717) is 5.92 Å². The average Bonchev–Trinajstić information content (AvgIpc) is 2.34. The van der Waals surface area contributed by atoms with E-state index in [4.69, 9.17) is 0 Å². The van der Waals surface area contributed by atoms with Crippen LogP contribution in [0.4, 0.5) is 0 Å². The molecule has 2 rings (SSSR count). The van der Waals surface area contributed by atoms with Crippen LogP contribution in [-0.2, 0) is 0 Å². The molecule has 1 aliphatic heterocycles. The Kier molecular flexibility index (Phi) is 3.58. The second kappa shape index (κ2) is 5.14. The minimum Gasteiger partial charge on any atom is -0.306 e. The molecule has 0 aliphatic carbocycles. The molecular formula is C14H18N2. The van der Waals surface area contributed by atoms with Gasteiger partial charge < -0.3 is 4.90 Å². The summed E-state index contributed by atoms with van der Waals surface area (Å²) in [6.45, 7) is 2.24. The minimum absolute atomic E-state index is 0.0786. The van der Waals surface area contributed by atoms with Crippen LogP contribution in [0.3, 0.4) is 0 Å². The van der Waals surface area contributed by atoms with Crippen LogP contribution in [0.5, 0.6) is 0 Å². The van der Waals surface area contributed by atoms with Crippen molar-refractivity contribution in [3.8, 4) is 6.07 Å². The molecule has 0 amide bonds. The SMILES string of the molecule is CN1CCC(C(C#N)c2ccccc2)CC1. The van der Waals surface area contributed by atoms with Crippen LogP contribution in [0.15, 0.2) is 30.3 Å². The van der Waals surface area contributed by atoms with E-state index in [-0.39, 0.29) is 5.92 Å². The van der Waals surface area contributed by atoms with Gasteiger partial charge in [0.15, 0.2) is 0 Å². The van der Waals surface area contributed by atoms with Gasteiger partial charge in [-0.1, -0.05) is 30.3 Å². The summed E-state index contributed by atoms with van der Waals surface area (Å²) in [5.41, 5.74) is 1.18. The van der Waals surface area contributed by atoms with Crippen LogP contribution in [0.2, 0.25) is 0 Å². The lowest BCUT2D eigenvalue weighted by molar-refractivity contribution is 0.210. The molecule has 0 spiro atoms. The van der Waals surface area contributed by atoms with Crippen LogP contribution in [-0.4, -0.2) is 25.0 Å². The minimum atomic E-state index is 0.0786. The monoisotopic (exact) mass is 214 g/mol. The molecule has 1 fully saturated rings. The van der Waals surface area contributed by atoms with Crippen molar-refractivity contribution in [2.45, 2.75) is 18.8 Å². The van der Waals surface area contributed by atoms with E-state index in [9.17, 15) is 5.26 Å². The number of hydrogen-bond donors (Lipinski definition) is 0. The fourth-order valence-corrected chi connectivity index (χ4v) is 2.47. The maximum absolute atomic E-state index is 9.33. The number of piperidine rings is 1. The molecule has 1 unspecified atom stereocenters. The number of rotatable bonds is 2. The maximum atomic E-state index is 9.33. The zero-order chi connectivity index (χ0) is 11.4. The van der Waals surface area contributed by atoms with Gasteiger partial charge in [-0.3, -0.25) is 0 Å². The molecule has 1 aromatic rings. The molecule has 84 valence electrons. The molecule has 1 aromatic carbocycles. The van der Waals surface area contributed by atoms with Gasteiger partial charge in [0.2, 0.25) is 0 Å². The lowest BCUT2D eigenvalue weighted by Crippen LogP contribution is -2.32. The van der Waals surface area contributed by atoms with Gasteiger partial charge in [0, 0.05) is 0 Å². The Hall–Kier alpha value is -1.33. The average molecular weight is 214 g/mol. The molecular weight excluding hydrogens is 196 g/mol. The Morgan fingerprint density at radius 2 is 1.88 bits per heavy atom. The summed E-state index contributed by atoms with van der Waals surface area (Å²) >= 11 is 0. The molecule has 0 bridgehead atoms. The molecule has 0 aromatic heterocycles. The quantitative estimate of drug-likeness (QED) is 0.756. The van der Waals surface area contributed by atoms with E-state index in [0.717, 1.165) is 25.9 Å². The molecule has 0 N–H and O–H groups in total. The van der Waals surface area contributed by atoms with Gasteiger partial charge in [0.1, 0.15) is 0 Å². The third-order valence-electron chi connectivity index (χ3n) is 3.53. The fourth-order valence-electron chi connectivity index (χ4n) is 2.47. The van der Waals surface area contributed by atoms with Crippen LogP contribution in [0.25, 0.3) is 0 Å². The van der Waals surface area contributed by atoms with E-state index in [1.54, 1.807) is 0 Å². The molecule has 2 heteroatoms. The van der Waals surface area contributed by atoms with Crippen LogP contribution in [0.1, 0.15) is 24.3 Å². The highest BCUT2D eigenvalue weighted by atomic mass is 15.1. The van der Waals surface area contributed by atoms with Crippen molar-refractivity contribution in [2.24, 2.45) is 5.92 Å². The Balaban J connectivity index is 2.09. The summed E-state index contributed by atoms with van der Waals surface area (Å²) in [5, 5.41) is 9.33. The highest BCUT2D eigenvalue weighted by Crippen LogP contribution is 2.31. The van der Waals surface area contributed by atoms with Crippen molar-refractivity contribution in [3.63, 3.8) is 0 Å². The maximum Gasteiger partial charge on any atom is 0.0741 e. The van der Waals surface area contributed by atoms with Crippen molar-refractivity contribution in [1.82, 2.24) is 4.90 Å². The van der Waals surface area contributed by atoms with Gasteiger partial charge in [0.25, 0.3) is 0 Å². The number of nitrogens with zero attached hydrogens (tertiary/aromatic N) is 2. The first-order valence-corrected chi connectivity index (χ1v) is 5.94. The summed E-state index contributed by atoms with van der Waals surface area (Å²) in [4.78, 5) is 2.34. The first-order valence-electron chi connectivity index (χ1n) is 5.94. The summed E-state index contributed by atoms with van der Waals surface area (Å²) in [7, 11) is 2.15. The Bertz CT molecular complexity index is 358.